The predicted molar refractivity (Wildman–Crippen MR) is 179 cm³/mol. The van der Waals surface area contributed by atoms with Gasteiger partial charge in [-0.25, -0.2) is 33.5 Å². The van der Waals surface area contributed by atoms with Crippen LogP contribution in [0.25, 0.3) is 10.9 Å². The minimum atomic E-state index is -2.88. The summed E-state index contributed by atoms with van der Waals surface area (Å²) in [4.78, 5) is 59.9. The predicted octanol–water partition coefficient (Wildman–Crippen LogP) is 3.81. The Kier molecular flexibility index (Phi) is 12.8. The van der Waals surface area contributed by atoms with E-state index in [1.807, 2.05) is 0 Å². The summed E-state index contributed by atoms with van der Waals surface area (Å²) in [5.74, 6) is -5.60. The van der Waals surface area contributed by atoms with Gasteiger partial charge >= 0.3 is 23.9 Å². The molecule has 3 aromatic rings. The normalized spacial score (nSPS) is 16.1. The van der Waals surface area contributed by atoms with Crippen LogP contribution in [0.2, 0.25) is 5.02 Å². The van der Waals surface area contributed by atoms with Gasteiger partial charge in [0.2, 0.25) is 5.91 Å². The van der Waals surface area contributed by atoms with Crippen molar-refractivity contribution in [2.45, 2.75) is 12.5 Å². The number of likely N-dealkylation sites (N-methyl/N-ethyl adjacent to an activating group) is 1. The number of carboxylic acids is 4. The number of ether oxygens (including phenoxy) is 2. The highest BCUT2D eigenvalue weighted by atomic mass is 35.5. The molecule has 1 aliphatic heterocycles. The van der Waals surface area contributed by atoms with Crippen LogP contribution in [0.1, 0.15) is 14.6 Å². The highest BCUT2D eigenvalue weighted by molar-refractivity contribution is 6.31. The molecule has 0 aliphatic carbocycles. The van der Waals surface area contributed by atoms with Gasteiger partial charge in [0.15, 0.2) is 0 Å². The molecule has 16 nitrogen and oxygen atoms in total. The lowest BCUT2D eigenvalue weighted by molar-refractivity contribution is -0.134. The summed E-state index contributed by atoms with van der Waals surface area (Å²) in [6.45, 7) is -5.38. The lowest BCUT2D eigenvalue weighted by Crippen LogP contribution is -2.18. The van der Waals surface area contributed by atoms with Crippen LogP contribution in [-0.4, -0.2) is 105 Å². The molecule has 2 heterocycles. The monoisotopic (exact) mass is 723 g/mol. The maximum absolute atomic E-state index is 13.6. The van der Waals surface area contributed by atoms with Gasteiger partial charge in [-0.15, -0.1) is 0 Å². The van der Waals surface area contributed by atoms with E-state index >= 15 is 0 Å². The summed E-state index contributed by atoms with van der Waals surface area (Å²) >= 11 is 5.90. The molecule has 1 atom stereocenters. The number of anilines is 3. The molecule has 1 aliphatic rings. The minimum absolute atomic E-state index is 0.0758. The molecule has 0 bridgehead atoms. The number of halogens is 2. The van der Waals surface area contributed by atoms with Crippen molar-refractivity contribution in [3.05, 3.63) is 84.0 Å². The number of carboxylic acid groups (broad SMARTS) is 4. The van der Waals surface area contributed by atoms with Crippen molar-refractivity contribution >= 4 is 69.5 Å². The van der Waals surface area contributed by atoms with Crippen molar-refractivity contribution in [1.82, 2.24) is 14.9 Å². The first-order chi connectivity index (χ1) is 26.1. The van der Waals surface area contributed by atoms with Gasteiger partial charge in [0.05, 0.1) is 29.4 Å². The number of aromatic nitrogens is 2. The van der Waals surface area contributed by atoms with Crippen LogP contribution < -0.4 is 15.4 Å². The number of amides is 1. The molecule has 0 saturated carbocycles. The molecular formula is C32H33ClFN5O11. The molecule has 6 N–H and O–H groups in total. The average molecular weight is 724 g/mol. The minimum Gasteiger partial charge on any atom is -0.486 e. The Morgan fingerprint density at radius 1 is 1.00 bits per heavy atom. The molecule has 0 radical (unpaired) electrons. The Bertz CT molecular complexity index is 1910. The zero-order valence-electron chi connectivity index (χ0n) is 31.6. The second-order valence-corrected chi connectivity index (χ2v) is 9.87. The van der Waals surface area contributed by atoms with Crippen LogP contribution in [0.3, 0.4) is 0 Å². The number of aliphatic carboxylic acids is 4. The van der Waals surface area contributed by atoms with Gasteiger partial charge in [0.25, 0.3) is 0 Å². The second kappa shape index (κ2) is 20.5. The van der Waals surface area contributed by atoms with E-state index in [-0.39, 0.29) is 16.8 Å². The smallest absolute Gasteiger partial charge is 0.328 e. The number of rotatable bonds is 12. The Labute approximate surface area is 297 Å². The molecule has 18 heteroatoms. The van der Waals surface area contributed by atoms with Crippen molar-refractivity contribution < 1.29 is 66.5 Å². The van der Waals surface area contributed by atoms with E-state index in [4.69, 9.17) is 49.7 Å². The number of fused-ring (bicyclic) bond motifs is 1. The lowest BCUT2D eigenvalue weighted by atomic mass is 10.1. The summed E-state index contributed by atoms with van der Waals surface area (Å²) < 4.78 is 69.7. The number of hydrogen-bond acceptors (Lipinski definition) is 11. The van der Waals surface area contributed by atoms with Crippen LogP contribution in [0, 0.1) is 5.82 Å². The molecule has 0 unspecified atom stereocenters. The van der Waals surface area contributed by atoms with Gasteiger partial charge in [-0.2, -0.15) is 0 Å². The molecule has 0 spiro atoms. The highest BCUT2D eigenvalue weighted by Crippen LogP contribution is 2.35. The van der Waals surface area contributed by atoms with Crippen LogP contribution in [-0.2, 0) is 28.7 Å². The zero-order valence-corrected chi connectivity index (χ0v) is 26.3. The Balaban J connectivity index is 0.000000566. The van der Waals surface area contributed by atoms with E-state index < -0.39 is 56.1 Å². The van der Waals surface area contributed by atoms with Crippen molar-refractivity contribution in [2.24, 2.45) is 0 Å². The first kappa shape index (κ1) is 31.4. The van der Waals surface area contributed by atoms with Gasteiger partial charge in [0, 0.05) is 68.7 Å². The van der Waals surface area contributed by atoms with E-state index in [2.05, 4.69) is 20.6 Å². The molecule has 1 saturated heterocycles. The van der Waals surface area contributed by atoms with Crippen molar-refractivity contribution in [3.8, 4) is 5.75 Å². The summed E-state index contributed by atoms with van der Waals surface area (Å²) in [5.41, 5.74) is 1.21. The van der Waals surface area contributed by atoms with Crippen LogP contribution in [0.4, 0.5) is 21.6 Å². The van der Waals surface area contributed by atoms with Gasteiger partial charge in [-0.05, 0) is 38.2 Å². The third-order valence-electron chi connectivity index (χ3n) is 5.65. The highest BCUT2D eigenvalue weighted by Gasteiger charge is 2.21. The summed E-state index contributed by atoms with van der Waals surface area (Å²) in [6.07, 6.45) is 6.15. The van der Waals surface area contributed by atoms with Crippen LogP contribution >= 0.6 is 11.6 Å². The summed E-state index contributed by atoms with van der Waals surface area (Å²) in [6, 6.07) is 7.32. The topological polar surface area (TPSA) is 238 Å². The number of carbonyl (C=O) groups is 5. The van der Waals surface area contributed by atoms with E-state index in [9.17, 15) is 28.4 Å². The van der Waals surface area contributed by atoms with Crippen molar-refractivity contribution in [2.75, 3.05) is 44.3 Å². The van der Waals surface area contributed by atoms with E-state index in [0.29, 0.717) is 77.0 Å². The maximum atomic E-state index is 13.6. The molecule has 1 aromatic heterocycles. The molecular weight excluding hydrogens is 685 g/mol. The standard InChI is InChI=1S/C24H25ClFN5O3.2C4H4O4/c1-31(2)8-3-4-23(32)30-21-11-17-20(12-22(21)34-16-7-9-33-13-16)27-14-28-24(17)29-15-5-6-19(26)18(25)10-15;2*5-3(6)1-2-4(7)8/h3-6,10-12,14,16H,7-9,13H2,1-2H3,(H,30,32)(H,27,28,29);2*1-2H,(H,5,6)(H,7,8)/b4-3+;2*2-1-/t16-;;/m0../s1/i1D3,2D3;;. The Morgan fingerprint density at radius 2 is 1.64 bits per heavy atom. The molecule has 50 heavy (non-hydrogen) atoms. The first-order valence-electron chi connectivity index (χ1n) is 16.8. The van der Waals surface area contributed by atoms with Gasteiger partial charge in [-0.3, -0.25) is 4.79 Å². The largest absolute Gasteiger partial charge is 0.486 e. The fraction of sp³-hybridized carbons (Fsp3) is 0.219. The second-order valence-electron chi connectivity index (χ2n) is 9.47. The van der Waals surface area contributed by atoms with Crippen LogP contribution in [0.5, 0.6) is 5.75 Å². The van der Waals surface area contributed by atoms with E-state index in [1.165, 1.54) is 24.5 Å². The van der Waals surface area contributed by atoms with Gasteiger partial charge < -0.3 is 45.4 Å². The fourth-order valence-electron chi connectivity index (χ4n) is 3.60. The molecule has 4 rings (SSSR count). The SMILES string of the molecule is O=C(O)/C=C\C(=O)O.O=C(O)/C=C\C(=O)O.[2H]C([2H])([2H])N(C/C=C/C(=O)Nc1cc2c(Nc3ccc(F)c(Cl)c3)ncnc2cc1O[C@H]1CCOC1)C([2H])([2H])[2H]. The average Bonchev–Trinajstić information content (AvgIpc) is 3.60. The Morgan fingerprint density at radius 3 is 2.18 bits per heavy atom. The van der Waals surface area contributed by atoms with E-state index in [1.54, 1.807) is 12.1 Å². The number of carbonyl (C=O) groups excluding carboxylic acids is 1. The molecule has 2 aromatic carbocycles. The number of hydrogen-bond donors (Lipinski definition) is 6. The Hall–Kier alpha value is -5.91. The van der Waals surface area contributed by atoms with E-state index in [0.717, 1.165) is 12.2 Å². The molecule has 1 fully saturated rings. The zero-order chi connectivity index (χ0) is 42.2. The number of nitrogens with zero attached hydrogens (tertiary/aromatic N) is 3. The third-order valence-corrected chi connectivity index (χ3v) is 5.94. The third kappa shape index (κ3) is 15.3. The summed E-state index contributed by atoms with van der Waals surface area (Å²) in [5, 5.41) is 37.4. The maximum Gasteiger partial charge on any atom is 0.328 e. The number of nitrogens with one attached hydrogen (secondary N) is 2. The number of benzene rings is 2. The first-order valence-corrected chi connectivity index (χ1v) is 14.2. The molecule has 1 amide bonds. The quantitative estimate of drug-likeness (QED) is 0.146. The van der Waals surface area contributed by atoms with Crippen molar-refractivity contribution in [3.63, 3.8) is 0 Å². The van der Waals surface area contributed by atoms with Crippen molar-refractivity contribution in [1.29, 1.82) is 0 Å². The summed E-state index contributed by atoms with van der Waals surface area (Å²) in [7, 11) is 0. The van der Waals surface area contributed by atoms with Gasteiger partial charge in [-0.1, -0.05) is 17.7 Å². The van der Waals surface area contributed by atoms with Gasteiger partial charge in [0.1, 0.15) is 29.8 Å². The molecule has 266 valence electrons. The lowest BCUT2D eigenvalue weighted by Gasteiger charge is -2.17. The van der Waals surface area contributed by atoms with Crippen LogP contribution in [0.15, 0.2) is 73.1 Å². The fourth-order valence-corrected chi connectivity index (χ4v) is 3.78.